The number of nitrogens with one attached hydrogen (secondary N) is 2. The number of primary amides is 1. The molecule has 6 rings (SSSR count). The number of hydrogen-bond acceptors (Lipinski definition) is 7. The zero-order valence-electron chi connectivity index (χ0n) is 22.8. The lowest BCUT2D eigenvalue weighted by Crippen LogP contribution is -2.31. The number of carbonyl (C=O) groups is 1. The van der Waals surface area contributed by atoms with Crippen LogP contribution >= 0.6 is 0 Å². The maximum atomic E-state index is 12.4. The van der Waals surface area contributed by atoms with E-state index in [0.29, 0.717) is 47.2 Å². The Morgan fingerprint density at radius 3 is 2.60 bits per heavy atom. The van der Waals surface area contributed by atoms with Gasteiger partial charge in [0.2, 0.25) is 0 Å². The van der Waals surface area contributed by atoms with Gasteiger partial charge in [-0.15, -0.1) is 0 Å². The fourth-order valence-electron chi connectivity index (χ4n) is 5.80. The van der Waals surface area contributed by atoms with Crippen molar-refractivity contribution in [3.05, 3.63) is 42.0 Å². The summed E-state index contributed by atoms with van der Waals surface area (Å²) in [4.78, 5) is 30.9. The van der Waals surface area contributed by atoms with Crippen molar-refractivity contribution in [2.45, 2.75) is 56.9 Å². The molecule has 2 aromatic heterocycles. The van der Waals surface area contributed by atoms with Gasteiger partial charge in [-0.05, 0) is 63.0 Å². The highest BCUT2D eigenvalue weighted by atomic mass is 32.2. The maximum absolute atomic E-state index is 12.4. The fraction of sp³-hybridized carbons (Fsp3) is 0.464. The smallest absolute Gasteiger partial charge is 0.261 e. The molecular formula is C28H36N6O5S. The summed E-state index contributed by atoms with van der Waals surface area (Å²) >= 11 is 0. The van der Waals surface area contributed by atoms with Crippen LogP contribution in [0.15, 0.2) is 30.6 Å². The Morgan fingerprint density at radius 1 is 1.18 bits per heavy atom. The van der Waals surface area contributed by atoms with Crippen LogP contribution in [0.1, 0.15) is 67.0 Å². The highest BCUT2D eigenvalue weighted by Crippen LogP contribution is 2.37. The Kier molecular flexibility index (Phi) is 8.11. The number of aromatic nitrogens is 4. The summed E-state index contributed by atoms with van der Waals surface area (Å²) in [5.41, 5.74) is 11.3. The third-order valence-corrected chi connectivity index (χ3v) is 7.82. The molecule has 1 saturated carbocycles. The van der Waals surface area contributed by atoms with Crippen molar-refractivity contribution in [1.29, 1.82) is 0 Å². The average Bonchev–Trinajstić information content (AvgIpc) is 3.65. The molecule has 1 atom stereocenters. The van der Waals surface area contributed by atoms with Gasteiger partial charge in [0, 0.05) is 17.5 Å². The summed E-state index contributed by atoms with van der Waals surface area (Å²) in [5, 5.41) is 0. The molecule has 1 saturated heterocycles. The monoisotopic (exact) mass is 568 g/mol. The van der Waals surface area contributed by atoms with Gasteiger partial charge in [-0.1, -0.05) is 25.3 Å². The number of amides is 1. The lowest BCUT2D eigenvalue weighted by Gasteiger charge is -2.21. The number of hydrogen-bond donors (Lipinski definition) is 4. The quantitative estimate of drug-likeness (QED) is 0.251. The van der Waals surface area contributed by atoms with Gasteiger partial charge in [-0.3, -0.25) is 9.35 Å². The Labute approximate surface area is 233 Å². The van der Waals surface area contributed by atoms with Crippen LogP contribution in [0.3, 0.4) is 0 Å². The lowest BCUT2D eigenvalue weighted by atomic mass is 9.89. The van der Waals surface area contributed by atoms with Crippen molar-refractivity contribution < 1.29 is 22.5 Å². The van der Waals surface area contributed by atoms with Crippen LogP contribution in [0.2, 0.25) is 0 Å². The standard InChI is InChI=1S/C27H32N6O2.CH4O3S/c1-33-11-5-8-18(33)14-35-22-13-19(24-25(30-15-29-24)23(22)26(28)34)17-9-10-20-21(12-17)32-27(31-20)16-6-3-2-4-7-16;1-5(2,3)4/h9-10,12-13,15-16,18H,2-8,11,14H2,1H3,(H2,28,34)(H,29,30)(H,31,32);1H3,(H,2,3,4). The number of imidazole rings is 2. The van der Waals surface area contributed by atoms with Gasteiger partial charge in [-0.25, -0.2) is 9.97 Å². The van der Waals surface area contributed by atoms with Crippen LogP contribution in [-0.2, 0) is 10.1 Å². The molecule has 0 bridgehead atoms. The fourth-order valence-corrected chi connectivity index (χ4v) is 5.80. The molecule has 1 aliphatic heterocycles. The number of nitrogens with zero attached hydrogens (tertiary/aromatic N) is 3. The van der Waals surface area contributed by atoms with Gasteiger partial charge in [0.1, 0.15) is 23.7 Å². The maximum Gasteiger partial charge on any atom is 0.261 e. The molecule has 11 nitrogen and oxygen atoms in total. The number of nitrogens with two attached hydrogens (primary N) is 1. The van der Waals surface area contributed by atoms with Crippen LogP contribution in [0.5, 0.6) is 5.75 Å². The van der Waals surface area contributed by atoms with Gasteiger partial charge >= 0.3 is 0 Å². The number of carbonyl (C=O) groups excluding carboxylic acids is 1. The largest absolute Gasteiger partial charge is 0.491 e. The van der Waals surface area contributed by atoms with Crippen LogP contribution in [0.4, 0.5) is 0 Å². The second-order valence-electron chi connectivity index (χ2n) is 10.8. The van der Waals surface area contributed by atoms with E-state index in [2.05, 4.69) is 45.1 Å². The van der Waals surface area contributed by atoms with E-state index < -0.39 is 16.0 Å². The Balaban J connectivity index is 0.000000595. The number of fused-ring (bicyclic) bond motifs is 2. The molecule has 0 spiro atoms. The Hall–Kier alpha value is -3.48. The van der Waals surface area contributed by atoms with E-state index in [4.69, 9.17) is 20.0 Å². The van der Waals surface area contributed by atoms with Crippen LogP contribution in [0.25, 0.3) is 33.2 Å². The zero-order chi connectivity index (χ0) is 28.4. The van der Waals surface area contributed by atoms with E-state index in [0.717, 1.165) is 47.4 Å². The molecule has 1 amide bonds. The lowest BCUT2D eigenvalue weighted by molar-refractivity contribution is 0.0996. The third kappa shape index (κ3) is 6.29. The minimum absolute atomic E-state index is 0.330. The number of likely N-dealkylation sites (N-methyl/N-ethyl adjacent to an activating group) is 1. The first-order chi connectivity index (χ1) is 19.1. The predicted octanol–water partition coefficient (Wildman–Crippen LogP) is 4.23. The first kappa shape index (κ1) is 28.1. The molecule has 2 aliphatic rings. The minimum Gasteiger partial charge on any atom is -0.491 e. The molecule has 1 aliphatic carbocycles. The molecule has 4 aromatic rings. The van der Waals surface area contributed by atoms with E-state index in [1.807, 2.05) is 6.07 Å². The van der Waals surface area contributed by atoms with E-state index in [1.165, 1.54) is 32.1 Å². The molecule has 214 valence electrons. The second-order valence-corrected chi connectivity index (χ2v) is 12.3. The summed E-state index contributed by atoms with van der Waals surface area (Å²) in [6.07, 6.45) is 10.8. The van der Waals surface area contributed by atoms with Crippen LogP contribution in [0, 0.1) is 0 Å². The molecule has 5 N–H and O–H groups in total. The number of H-pyrrole nitrogens is 2. The van der Waals surface area contributed by atoms with E-state index in [9.17, 15) is 13.2 Å². The molecule has 12 heteroatoms. The molecule has 1 unspecified atom stereocenters. The van der Waals surface area contributed by atoms with Crippen molar-refractivity contribution in [3.63, 3.8) is 0 Å². The molecule has 2 fully saturated rings. The summed E-state index contributed by atoms with van der Waals surface area (Å²) < 4.78 is 32.1. The topological polar surface area (TPSA) is 167 Å². The molecule has 2 aromatic carbocycles. The first-order valence-electron chi connectivity index (χ1n) is 13.6. The highest BCUT2D eigenvalue weighted by Gasteiger charge is 2.25. The Bertz CT molecular complexity index is 1610. The normalized spacial score (nSPS) is 18.6. The van der Waals surface area contributed by atoms with Crippen molar-refractivity contribution in [2.24, 2.45) is 5.73 Å². The third-order valence-electron chi connectivity index (χ3n) is 7.82. The molecule has 40 heavy (non-hydrogen) atoms. The van der Waals surface area contributed by atoms with E-state index in [1.54, 1.807) is 6.33 Å². The Morgan fingerprint density at radius 2 is 1.93 bits per heavy atom. The number of rotatable bonds is 6. The van der Waals surface area contributed by atoms with E-state index in [-0.39, 0.29) is 0 Å². The molecular weight excluding hydrogens is 532 g/mol. The van der Waals surface area contributed by atoms with Crippen molar-refractivity contribution >= 4 is 38.1 Å². The van der Waals surface area contributed by atoms with Crippen molar-refractivity contribution in [3.8, 4) is 16.9 Å². The molecule has 0 radical (unpaired) electrons. The number of aromatic amines is 2. The van der Waals surface area contributed by atoms with E-state index >= 15 is 0 Å². The summed E-state index contributed by atoms with van der Waals surface area (Å²) in [5.74, 6) is 1.58. The first-order valence-corrected chi connectivity index (χ1v) is 15.5. The number of ether oxygens (including phenoxy) is 1. The van der Waals surface area contributed by atoms with Gasteiger partial charge in [-0.2, -0.15) is 8.42 Å². The molecule has 3 heterocycles. The summed E-state index contributed by atoms with van der Waals surface area (Å²) in [6.45, 7) is 1.58. The van der Waals surface area contributed by atoms with Gasteiger partial charge < -0.3 is 25.3 Å². The highest BCUT2D eigenvalue weighted by molar-refractivity contribution is 7.85. The second kappa shape index (κ2) is 11.6. The van der Waals surface area contributed by atoms with Crippen molar-refractivity contribution in [1.82, 2.24) is 24.8 Å². The van der Waals surface area contributed by atoms with Gasteiger partial charge in [0.15, 0.2) is 0 Å². The zero-order valence-corrected chi connectivity index (χ0v) is 23.6. The summed E-state index contributed by atoms with van der Waals surface area (Å²) in [6, 6.07) is 8.49. The SMILES string of the molecule is CN1CCCC1COc1cc(-c2ccc3nc(C4CCCCC4)[nH]c3c2)c2nc[nH]c2c1C(N)=O.CS(=O)(=O)O. The average molecular weight is 569 g/mol. The van der Waals surface area contributed by atoms with Gasteiger partial charge in [0.05, 0.1) is 34.6 Å². The summed E-state index contributed by atoms with van der Waals surface area (Å²) in [7, 11) is -1.55. The minimum atomic E-state index is -3.67. The predicted molar refractivity (Wildman–Crippen MR) is 154 cm³/mol. The van der Waals surface area contributed by atoms with Crippen LogP contribution in [-0.4, -0.2) is 76.2 Å². The number of benzene rings is 2. The van der Waals surface area contributed by atoms with Gasteiger partial charge in [0.25, 0.3) is 16.0 Å². The van der Waals surface area contributed by atoms with Crippen molar-refractivity contribution in [2.75, 3.05) is 26.5 Å². The number of likely N-dealkylation sites (tertiary alicyclic amines) is 1. The van der Waals surface area contributed by atoms with Crippen LogP contribution < -0.4 is 10.5 Å².